The molecule has 5 rings (SSSR count). The van der Waals surface area contributed by atoms with E-state index < -0.39 is 0 Å². The molecule has 0 N–H and O–H groups in total. The zero-order chi connectivity index (χ0) is 21.2. The van der Waals surface area contributed by atoms with Gasteiger partial charge in [-0.15, -0.1) is 0 Å². The van der Waals surface area contributed by atoms with Crippen LogP contribution >= 0.6 is 0 Å². The number of benzene rings is 2. The molecule has 0 aliphatic carbocycles. The summed E-state index contributed by atoms with van der Waals surface area (Å²) in [7, 11) is 0. The molecule has 162 valence electrons. The quantitative estimate of drug-likeness (QED) is 0.747. The molecule has 0 bridgehead atoms. The third kappa shape index (κ3) is 4.44. The lowest BCUT2D eigenvalue weighted by atomic mass is 10.1. The van der Waals surface area contributed by atoms with E-state index in [9.17, 15) is 9.59 Å². The predicted octanol–water partition coefficient (Wildman–Crippen LogP) is 2.31. The Bertz CT molecular complexity index is 954. The maximum Gasteiger partial charge on any atom is 0.228 e. The summed E-state index contributed by atoms with van der Waals surface area (Å²) >= 11 is 0. The van der Waals surface area contributed by atoms with E-state index in [1.165, 1.54) is 11.1 Å². The summed E-state index contributed by atoms with van der Waals surface area (Å²) in [6, 6.07) is 16.5. The van der Waals surface area contributed by atoms with Gasteiger partial charge in [-0.2, -0.15) is 0 Å². The number of hydrogen-bond donors (Lipinski definition) is 0. The number of carbonyl (C=O) groups is 2. The SMILES string of the molecule is O=C1CC(C(=O)N2CCN(Cc3ccc4c(c3)CCO4)CC2)CN1Cc1ccccc1. The van der Waals surface area contributed by atoms with Crippen molar-refractivity contribution in [2.75, 3.05) is 39.3 Å². The van der Waals surface area contributed by atoms with Crippen LogP contribution in [0.2, 0.25) is 0 Å². The van der Waals surface area contributed by atoms with Crippen molar-refractivity contribution >= 4 is 11.8 Å². The van der Waals surface area contributed by atoms with E-state index in [0.29, 0.717) is 19.5 Å². The molecule has 3 heterocycles. The summed E-state index contributed by atoms with van der Waals surface area (Å²) in [5, 5.41) is 0. The van der Waals surface area contributed by atoms with E-state index in [1.54, 1.807) is 0 Å². The van der Waals surface area contributed by atoms with Crippen molar-refractivity contribution in [3.8, 4) is 5.75 Å². The molecule has 3 aliphatic heterocycles. The van der Waals surface area contributed by atoms with Gasteiger partial charge in [0.15, 0.2) is 0 Å². The second kappa shape index (κ2) is 8.71. The Morgan fingerprint density at radius 2 is 1.77 bits per heavy atom. The monoisotopic (exact) mass is 419 g/mol. The van der Waals surface area contributed by atoms with Crippen LogP contribution in [0.1, 0.15) is 23.1 Å². The van der Waals surface area contributed by atoms with Crippen LogP contribution in [0.4, 0.5) is 0 Å². The Morgan fingerprint density at radius 3 is 2.58 bits per heavy atom. The number of piperazine rings is 1. The average molecular weight is 420 g/mol. The van der Waals surface area contributed by atoms with Crippen LogP contribution in [0, 0.1) is 5.92 Å². The smallest absolute Gasteiger partial charge is 0.228 e. The largest absolute Gasteiger partial charge is 0.493 e. The van der Waals surface area contributed by atoms with Gasteiger partial charge in [0, 0.05) is 58.7 Å². The Hall–Kier alpha value is -2.86. The van der Waals surface area contributed by atoms with Gasteiger partial charge >= 0.3 is 0 Å². The van der Waals surface area contributed by atoms with Crippen LogP contribution in [-0.4, -0.2) is 65.8 Å². The summed E-state index contributed by atoms with van der Waals surface area (Å²) in [5.41, 5.74) is 3.72. The molecule has 2 amide bonds. The lowest BCUT2D eigenvalue weighted by Crippen LogP contribution is -2.50. The van der Waals surface area contributed by atoms with Crippen molar-refractivity contribution in [2.24, 2.45) is 5.92 Å². The topological polar surface area (TPSA) is 53.1 Å². The van der Waals surface area contributed by atoms with Gasteiger partial charge in [0.25, 0.3) is 0 Å². The Labute approximate surface area is 183 Å². The Morgan fingerprint density at radius 1 is 0.968 bits per heavy atom. The molecular formula is C25H29N3O3. The van der Waals surface area contributed by atoms with E-state index in [1.807, 2.05) is 40.1 Å². The van der Waals surface area contributed by atoms with Gasteiger partial charge in [-0.05, 0) is 22.8 Å². The normalized spacial score (nSPS) is 21.3. The number of nitrogens with zero attached hydrogens (tertiary/aromatic N) is 3. The molecule has 2 fully saturated rings. The molecular weight excluding hydrogens is 390 g/mol. The zero-order valence-electron chi connectivity index (χ0n) is 17.8. The van der Waals surface area contributed by atoms with Crippen LogP contribution in [0.25, 0.3) is 0 Å². The van der Waals surface area contributed by atoms with Gasteiger partial charge < -0.3 is 14.5 Å². The minimum absolute atomic E-state index is 0.0847. The molecule has 6 heteroatoms. The number of hydrogen-bond acceptors (Lipinski definition) is 4. The first kappa shape index (κ1) is 20.1. The highest BCUT2D eigenvalue weighted by Crippen LogP contribution is 2.27. The molecule has 0 radical (unpaired) electrons. The molecule has 31 heavy (non-hydrogen) atoms. The van der Waals surface area contributed by atoms with Crippen molar-refractivity contribution in [2.45, 2.75) is 25.9 Å². The summed E-state index contributed by atoms with van der Waals surface area (Å²) < 4.78 is 5.60. The highest BCUT2D eigenvalue weighted by molar-refractivity contribution is 5.89. The van der Waals surface area contributed by atoms with Crippen molar-refractivity contribution in [3.63, 3.8) is 0 Å². The summed E-state index contributed by atoms with van der Waals surface area (Å²) in [5.74, 6) is 1.03. The van der Waals surface area contributed by atoms with E-state index in [4.69, 9.17) is 4.74 Å². The van der Waals surface area contributed by atoms with Crippen LogP contribution < -0.4 is 4.74 Å². The van der Waals surface area contributed by atoms with Crippen molar-refractivity contribution in [3.05, 3.63) is 65.2 Å². The number of ether oxygens (including phenoxy) is 1. The third-order valence-corrected chi connectivity index (χ3v) is 6.62. The Kier molecular flexibility index (Phi) is 5.64. The molecule has 1 atom stereocenters. The summed E-state index contributed by atoms with van der Waals surface area (Å²) in [4.78, 5) is 31.7. The van der Waals surface area contributed by atoms with Gasteiger partial charge in [-0.3, -0.25) is 14.5 Å². The second-order valence-electron chi connectivity index (χ2n) is 8.80. The van der Waals surface area contributed by atoms with Crippen molar-refractivity contribution in [1.29, 1.82) is 0 Å². The number of fused-ring (bicyclic) bond motifs is 1. The summed E-state index contributed by atoms with van der Waals surface area (Å²) in [6.07, 6.45) is 1.33. The van der Waals surface area contributed by atoms with E-state index in [0.717, 1.165) is 57.1 Å². The van der Waals surface area contributed by atoms with E-state index in [2.05, 4.69) is 23.1 Å². The maximum atomic E-state index is 13.1. The fourth-order valence-electron chi connectivity index (χ4n) is 4.88. The molecule has 0 saturated carbocycles. The highest BCUT2D eigenvalue weighted by atomic mass is 16.5. The first-order valence-corrected chi connectivity index (χ1v) is 11.2. The molecule has 2 aromatic rings. The van der Waals surface area contributed by atoms with Gasteiger partial charge in [0.05, 0.1) is 12.5 Å². The molecule has 6 nitrogen and oxygen atoms in total. The summed E-state index contributed by atoms with van der Waals surface area (Å²) in [6.45, 7) is 6.01. The zero-order valence-corrected chi connectivity index (χ0v) is 17.8. The molecule has 2 saturated heterocycles. The van der Waals surface area contributed by atoms with E-state index in [-0.39, 0.29) is 17.7 Å². The third-order valence-electron chi connectivity index (χ3n) is 6.62. The van der Waals surface area contributed by atoms with Crippen molar-refractivity contribution < 1.29 is 14.3 Å². The highest BCUT2D eigenvalue weighted by Gasteiger charge is 2.37. The predicted molar refractivity (Wildman–Crippen MR) is 117 cm³/mol. The van der Waals surface area contributed by atoms with Crippen molar-refractivity contribution in [1.82, 2.24) is 14.7 Å². The minimum atomic E-state index is -0.209. The number of carbonyl (C=O) groups excluding carboxylic acids is 2. The first-order valence-electron chi connectivity index (χ1n) is 11.2. The molecule has 0 aromatic heterocycles. The average Bonchev–Trinajstić information content (AvgIpc) is 3.41. The first-order chi connectivity index (χ1) is 15.2. The minimum Gasteiger partial charge on any atom is -0.493 e. The van der Waals surface area contributed by atoms with Crippen LogP contribution in [-0.2, 0) is 29.1 Å². The fraction of sp³-hybridized carbons (Fsp3) is 0.440. The lowest BCUT2D eigenvalue weighted by Gasteiger charge is -2.36. The number of likely N-dealkylation sites (tertiary alicyclic amines) is 1. The maximum absolute atomic E-state index is 13.1. The van der Waals surface area contributed by atoms with Gasteiger partial charge in [0.2, 0.25) is 11.8 Å². The molecule has 3 aliphatic rings. The van der Waals surface area contributed by atoms with Gasteiger partial charge in [0.1, 0.15) is 5.75 Å². The van der Waals surface area contributed by atoms with Crippen LogP contribution in [0.3, 0.4) is 0 Å². The molecule has 2 aromatic carbocycles. The number of rotatable bonds is 5. The Balaban J connectivity index is 1.12. The number of amides is 2. The lowest BCUT2D eigenvalue weighted by molar-refractivity contribution is -0.137. The van der Waals surface area contributed by atoms with Gasteiger partial charge in [-0.1, -0.05) is 42.5 Å². The second-order valence-corrected chi connectivity index (χ2v) is 8.80. The van der Waals surface area contributed by atoms with Gasteiger partial charge in [-0.25, -0.2) is 0 Å². The standard InChI is InChI=1S/C25H29N3O3/c29-24-15-22(18-28(24)17-19-4-2-1-3-5-19)25(30)27-11-9-26(10-12-27)16-20-6-7-23-21(14-20)8-13-31-23/h1-7,14,22H,8-13,15-18H2. The van der Waals surface area contributed by atoms with E-state index >= 15 is 0 Å². The fourth-order valence-corrected chi connectivity index (χ4v) is 4.88. The van der Waals surface area contributed by atoms with Crippen LogP contribution in [0.15, 0.2) is 48.5 Å². The molecule has 1 unspecified atom stereocenters. The molecule has 0 spiro atoms. The van der Waals surface area contributed by atoms with Crippen LogP contribution in [0.5, 0.6) is 5.75 Å².